The van der Waals surface area contributed by atoms with E-state index in [9.17, 15) is 0 Å². The van der Waals surface area contributed by atoms with Crippen LogP contribution in [0.3, 0.4) is 0 Å². The lowest BCUT2D eigenvalue weighted by atomic mass is 9.69. The van der Waals surface area contributed by atoms with Crippen LogP contribution in [0.25, 0.3) is 22.3 Å². The summed E-state index contributed by atoms with van der Waals surface area (Å²) in [6.07, 6.45) is 2.46. The maximum absolute atomic E-state index is 2.59. The maximum Gasteiger partial charge on any atom is 0.0728 e. The largest absolute Gasteiger partial charge is 0.303 e. The molecule has 0 atom stereocenters. The Hall–Kier alpha value is -3.16. The fourth-order valence-electron chi connectivity index (χ4n) is 6.33. The normalized spacial score (nSPS) is 17.0. The molecule has 0 bridgehead atoms. The maximum atomic E-state index is 2.59. The van der Waals surface area contributed by atoms with Gasteiger partial charge in [-0.1, -0.05) is 91.0 Å². The number of hydrogen-bond acceptors (Lipinski definition) is 1. The smallest absolute Gasteiger partial charge is 0.0728 e. The van der Waals surface area contributed by atoms with Crippen molar-refractivity contribution in [2.24, 2.45) is 0 Å². The van der Waals surface area contributed by atoms with Crippen LogP contribution in [0.5, 0.6) is 0 Å². The highest BCUT2D eigenvalue weighted by atomic mass is 15.2. The Bertz CT molecular complexity index is 1260. The second-order valence-corrected chi connectivity index (χ2v) is 9.17. The minimum atomic E-state index is -0.204. The van der Waals surface area contributed by atoms with Crippen LogP contribution in [-0.4, -0.2) is 24.5 Å². The standard InChI is InChI=1S/C30H25N/c1-4-14-26-22(10-1)23-11-2-5-15-27(23)30(26)28-16-6-3-12-24(28)25-13-7-9-21(29(25)30)17-20-31-18-8-19-31/h1-7,9-16H,8,17-20H2. The van der Waals surface area contributed by atoms with Gasteiger partial charge in [-0.25, -0.2) is 0 Å². The average molecular weight is 400 g/mol. The fraction of sp³-hybridized carbons (Fsp3) is 0.200. The highest BCUT2D eigenvalue weighted by Gasteiger charge is 2.52. The summed E-state index contributed by atoms with van der Waals surface area (Å²) in [5, 5.41) is 0. The van der Waals surface area contributed by atoms with E-state index in [2.05, 4.69) is 95.9 Å². The third kappa shape index (κ3) is 2.20. The molecule has 2 aliphatic carbocycles. The molecular weight excluding hydrogens is 374 g/mol. The Morgan fingerprint density at radius 3 is 1.65 bits per heavy atom. The molecule has 0 saturated carbocycles. The summed E-state index contributed by atoms with van der Waals surface area (Å²) in [7, 11) is 0. The molecule has 0 unspecified atom stereocenters. The van der Waals surface area contributed by atoms with Crippen molar-refractivity contribution in [3.63, 3.8) is 0 Å². The quantitative estimate of drug-likeness (QED) is 0.339. The lowest BCUT2D eigenvalue weighted by Gasteiger charge is -2.34. The highest BCUT2D eigenvalue weighted by molar-refractivity contribution is 5.95. The van der Waals surface area contributed by atoms with Crippen molar-refractivity contribution < 1.29 is 0 Å². The van der Waals surface area contributed by atoms with Gasteiger partial charge in [0.1, 0.15) is 0 Å². The van der Waals surface area contributed by atoms with Gasteiger partial charge < -0.3 is 4.90 Å². The number of hydrogen-bond donors (Lipinski definition) is 0. The van der Waals surface area contributed by atoms with Gasteiger partial charge in [0.05, 0.1) is 5.41 Å². The van der Waals surface area contributed by atoms with Crippen LogP contribution in [-0.2, 0) is 11.8 Å². The van der Waals surface area contributed by atoms with Crippen molar-refractivity contribution in [2.45, 2.75) is 18.3 Å². The first-order valence-electron chi connectivity index (χ1n) is 11.5. The topological polar surface area (TPSA) is 3.24 Å². The molecule has 1 aliphatic heterocycles. The summed E-state index contributed by atoms with van der Waals surface area (Å²) in [5.41, 5.74) is 12.7. The second kappa shape index (κ2) is 6.42. The molecule has 7 rings (SSSR count). The Kier molecular flexibility index (Phi) is 3.63. The van der Waals surface area contributed by atoms with E-state index in [4.69, 9.17) is 0 Å². The van der Waals surface area contributed by atoms with Crippen molar-refractivity contribution in [3.8, 4) is 22.3 Å². The monoisotopic (exact) mass is 399 g/mol. The zero-order valence-corrected chi connectivity index (χ0v) is 17.6. The summed E-state index contributed by atoms with van der Waals surface area (Å²) in [5.74, 6) is 0. The molecule has 1 nitrogen and oxygen atoms in total. The van der Waals surface area contributed by atoms with Gasteiger partial charge in [0.2, 0.25) is 0 Å². The van der Waals surface area contributed by atoms with Gasteiger partial charge in [-0.05, 0) is 76.0 Å². The van der Waals surface area contributed by atoms with Crippen molar-refractivity contribution in [2.75, 3.05) is 19.6 Å². The van der Waals surface area contributed by atoms with Crippen LogP contribution >= 0.6 is 0 Å². The van der Waals surface area contributed by atoms with Crippen LogP contribution in [0.2, 0.25) is 0 Å². The van der Waals surface area contributed by atoms with E-state index >= 15 is 0 Å². The minimum Gasteiger partial charge on any atom is -0.303 e. The Balaban J connectivity index is 1.57. The molecule has 1 fully saturated rings. The van der Waals surface area contributed by atoms with E-state index in [1.165, 1.54) is 69.6 Å². The van der Waals surface area contributed by atoms with E-state index in [0.717, 1.165) is 13.0 Å². The van der Waals surface area contributed by atoms with Crippen LogP contribution < -0.4 is 0 Å². The Labute approximate surface area is 184 Å². The molecule has 1 saturated heterocycles. The predicted octanol–water partition coefficient (Wildman–Crippen LogP) is 6.28. The molecule has 150 valence electrons. The van der Waals surface area contributed by atoms with Gasteiger partial charge in [0.15, 0.2) is 0 Å². The lowest BCUT2D eigenvalue weighted by Crippen LogP contribution is -2.38. The Morgan fingerprint density at radius 1 is 0.581 bits per heavy atom. The third-order valence-corrected chi connectivity index (χ3v) is 7.75. The minimum absolute atomic E-state index is 0.204. The molecular formula is C30H25N. The van der Waals surface area contributed by atoms with Crippen molar-refractivity contribution in [3.05, 3.63) is 119 Å². The molecule has 1 spiro atoms. The molecule has 0 N–H and O–H groups in total. The van der Waals surface area contributed by atoms with Gasteiger partial charge in [0.25, 0.3) is 0 Å². The van der Waals surface area contributed by atoms with Crippen LogP contribution in [0, 0.1) is 0 Å². The molecule has 4 aromatic rings. The van der Waals surface area contributed by atoms with E-state index in [1.54, 1.807) is 0 Å². The highest BCUT2D eigenvalue weighted by Crippen LogP contribution is 2.63. The SMILES string of the molecule is c1ccc2c(c1)-c1ccccc1C21c2ccccc2-c2cccc(CCN3CCC3)c21. The summed E-state index contributed by atoms with van der Waals surface area (Å²) in [6.45, 7) is 3.67. The van der Waals surface area contributed by atoms with Gasteiger partial charge in [-0.15, -0.1) is 0 Å². The molecule has 0 radical (unpaired) electrons. The first kappa shape index (κ1) is 17.5. The van der Waals surface area contributed by atoms with Crippen molar-refractivity contribution in [1.82, 2.24) is 4.90 Å². The van der Waals surface area contributed by atoms with E-state index in [0.29, 0.717) is 0 Å². The molecule has 0 aromatic heterocycles. The molecule has 4 aromatic carbocycles. The van der Waals surface area contributed by atoms with Crippen molar-refractivity contribution >= 4 is 0 Å². The summed E-state index contributed by atoms with van der Waals surface area (Å²) >= 11 is 0. The zero-order valence-electron chi connectivity index (χ0n) is 17.6. The van der Waals surface area contributed by atoms with Gasteiger partial charge >= 0.3 is 0 Å². The Morgan fingerprint density at radius 2 is 1.10 bits per heavy atom. The number of likely N-dealkylation sites (tertiary alicyclic amines) is 1. The average Bonchev–Trinajstić information content (AvgIpc) is 3.26. The van der Waals surface area contributed by atoms with E-state index in [1.807, 2.05) is 0 Å². The number of nitrogens with zero attached hydrogens (tertiary/aromatic N) is 1. The molecule has 3 aliphatic rings. The van der Waals surface area contributed by atoms with E-state index < -0.39 is 0 Å². The van der Waals surface area contributed by atoms with Crippen LogP contribution in [0.4, 0.5) is 0 Å². The zero-order chi connectivity index (χ0) is 20.4. The predicted molar refractivity (Wildman–Crippen MR) is 128 cm³/mol. The van der Waals surface area contributed by atoms with Gasteiger partial charge in [0, 0.05) is 6.54 Å². The molecule has 31 heavy (non-hydrogen) atoms. The number of rotatable bonds is 3. The summed E-state index contributed by atoms with van der Waals surface area (Å²) < 4.78 is 0. The van der Waals surface area contributed by atoms with Crippen molar-refractivity contribution in [1.29, 1.82) is 0 Å². The summed E-state index contributed by atoms with van der Waals surface area (Å²) in [4.78, 5) is 2.59. The molecule has 1 heteroatoms. The molecule has 0 amide bonds. The van der Waals surface area contributed by atoms with E-state index in [-0.39, 0.29) is 5.41 Å². The van der Waals surface area contributed by atoms with Crippen LogP contribution in [0.15, 0.2) is 91.0 Å². The second-order valence-electron chi connectivity index (χ2n) is 9.17. The van der Waals surface area contributed by atoms with Gasteiger partial charge in [-0.3, -0.25) is 0 Å². The third-order valence-electron chi connectivity index (χ3n) is 7.75. The first-order chi connectivity index (χ1) is 15.4. The number of benzene rings is 4. The fourth-order valence-corrected chi connectivity index (χ4v) is 6.33. The molecule has 1 heterocycles. The lowest BCUT2D eigenvalue weighted by molar-refractivity contribution is 0.184. The first-order valence-corrected chi connectivity index (χ1v) is 11.5. The van der Waals surface area contributed by atoms with Crippen LogP contribution in [0.1, 0.15) is 34.2 Å². The van der Waals surface area contributed by atoms with Gasteiger partial charge in [-0.2, -0.15) is 0 Å². The number of fused-ring (bicyclic) bond motifs is 10. The summed E-state index contributed by atoms with van der Waals surface area (Å²) in [6, 6.07) is 34.3.